The van der Waals surface area contributed by atoms with E-state index >= 15 is 0 Å². The van der Waals surface area contributed by atoms with Crippen molar-refractivity contribution in [2.24, 2.45) is 0 Å². The lowest BCUT2D eigenvalue weighted by atomic mass is 10.2. The van der Waals surface area contributed by atoms with E-state index in [2.05, 4.69) is 20.0 Å². The summed E-state index contributed by atoms with van der Waals surface area (Å²) in [7, 11) is -2.09. The fraction of sp³-hybridized carbons (Fsp3) is 0.167. The zero-order valence-corrected chi connectivity index (χ0v) is 11.5. The van der Waals surface area contributed by atoms with Gasteiger partial charge in [0.25, 0.3) is 0 Å². The molecule has 0 atom stereocenters. The highest BCUT2D eigenvalue weighted by Gasteiger charge is 2.14. The molecule has 0 aliphatic heterocycles. The summed E-state index contributed by atoms with van der Waals surface area (Å²) in [5, 5.41) is 2.69. The Labute approximate surface area is 116 Å². The highest BCUT2D eigenvalue weighted by atomic mass is 32.2. The molecule has 0 unspecified atom stereocenters. The van der Waals surface area contributed by atoms with Gasteiger partial charge in [-0.3, -0.25) is 0 Å². The smallest absolute Gasteiger partial charge is 0.243 e. The van der Waals surface area contributed by atoms with Gasteiger partial charge in [0.1, 0.15) is 10.7 Å². The van der Waals surface area contributed by atoms with Gasteiger partial charge in [-0.2, -0.15) is 0 Å². The van der Waals surface area contributed by atoms with Crippen LogP contribution in [0.4, 0.5) is 10.3 Å². The molecule has 6 nitrogen and oxygen atoms in total. The standard InChI is InChI=1S/C12H13FN4O2S/c1-14-12-15-7-11(8-16-12)20(18,19)17-6-9-3-2-4-10(13)5-9/h2-5,7-8,17H,6H2,1H3,(H,14,15,16). The second-order valence-electron chi connectivity index (χ2n) is 3.95. The molecule has 8 heteroatoms. The Morgan fingerprint density at radius 2 is 1.95 bits per heavy atom. The first-order valence-corrected chi connectivity index (χ1v) is 7.23. The molecular weight excluding hydrogens is 283 g/mol. The molecular formula is C12H13FN4O2S. The van der Waals surface area contributed by atoms with E-state index in [-0.39, 0.29) is 11.4 Å². The van der Waals surface area contributed by atoms with Gasteiger partial charge in [-0.15, -0.1) is 0 Å². The number of aromatic nitrogens is 2. The summed E-state index contributed by atoms with van der Waals surface area (Å²) in [4.78, 5) is 7.61. The molecule has 0 spiro atoms. The molecule has 2 rings (SSSR count). The van der Waals surface area contributed by atoms with E-state index in [1.165, 1.54) is 30.6 Å². The molecule has 0 saturated carbocycles. The average molecular weight is 296 g/mol. The molecule has 2 N–H and O–H groups in total. The van der Waals surface area contributed by atoms with E-state index in [1.54, 1.807) is 13.1 Å². The van der Waals surface area contributed by atoms with Crippen LogP contribution in [0.3, 0.4) is 0 Å². The summed E-state index contributed by atoms with van der Waals surface area (Å²) in [5.41, 5.74) is 0.529. The van der Waals surface area contributed by atoms with Crippen molar-refractivity contribution in [3.05, 3.63) is 48.0 Å². The van der Waals surface area contributed by atoms with Crippen LogP contribution in [0.2, 0.25) is 0 Å². The number of hydrogen-bond donors (Lipinski definition) is 2. The van der Waals surface area contributed by atoms with Gasteiger partial charge in [-0.1, -0.05) is 12.1 Å². The number of nitrogens with one attached hydrogen (secondary N) is 2. The van der Waals surface area contributed by atoms with Crippen molar-refractivity contribution in [3.8, 4) is 0 Å². The van der Waals surface area contributed by atoms with Crippen molar-refractivity contribution >= 4 is 16.0 Å². The zero-order valence-electron chi connectivity index (χ0n) is 10.7. The summed E-state index contributed by atoms with van der Waals surface area (Å²) in [6.07, 6.45) is 2.40. The first kappa shape index (κ1) is 14.4. The van der Waals surface area contributed by atoms with Gasteiger partial charge < -0.3 is 5.32 Å². The molecule has 1 aromatic heterocycles. The van der Waals surface area contributed by atoms with Crippen LogP contribution in [-0.2, 0) is 16.6 Å². The van der Waals surface area contributed by atoms with Gasteiger partial charge in [-0.25, -0.2) is 27.5 Å². The summed E-state index contributed by atoms with van der Waals surface area (Å²) >= 11 is 0. The maximum Gasteiger partial charge on any atom is 0.243 e. The van der Waals surface area contributed by atoms with Crippen LogP contribution in [0.1, 0.15) is 5.56 Å². The second-order valence-corrected chi connectivity index (χ2v) is 5.71. The quantitative estimate of drug-likeness (QED) is 0.864. The lowest BCUT2D eigenvalue weighted by Crippen LogP contribution is -2.23. The molecule has 0 bridgehead atoms. The Bertz CT molecular complexity index is 689. The predicted molar refractivity (Wildman–Crippen MR) is 72.0 cm³/mol. The van der Waals surface area contributed by atoms with Gasteiger partial charge in [0, 0.05) is 13.6 Å². The van der Waals surface area contributed by atoms with Crippen LogP contribution in [0.5, 0.6) is 0 Å². The average Bonchev–Trinajstić information content (AvgIpc) is 2.45. The lowest BCUT2D eigenvalue weighted by Gasteiger charge is -2.07. The number of halogens is 1. The number of hydrogen-bond acceptors (Lipinski definition) is 5. The summed E-state index contributed by atoms with van der Waals surface area (Å²) in [6.45, 7) is -0.00608. The minimum atomic E-state index is -3.72. The fourth-order valence-corrected chi connectivity index (χ4v) is 2.40. The van der Waals surface area contributed by atoms with Crippen LogP contribution >= 0.6 is 0 Å². The van der Waals surface area contributed by atoms with Gasteiger partial charge in [0.05, 0.1) is 12.4 Å². The Hall–Kier alpha value is -2.06. The number of nitrogens with zero attached hydrogens (tertiary/aromatic N) is 2. The van der Waals surface area contributed by atoms with E-state index in [0.29, 0.717) is 11.5 Å². The highest BCUT2D eigenvalue weighted by Crippen LogP contribution is 2.09. The monoisotopic (exact) mass is 296 g/mol. The molecule has 0 amide bonds. The molecule has 20 heavy (non-hydrogen) atoms. The maximum absolute atomic E-state index is 13.0. The Balaban J connectivity index is 2.10. The number of sulfonamides is 1. The number of anilines is 1. The largest absolute Gasteiger partial charge is 0.357 e. The van der Waals surface area contributed by atoms with Gasteiger partial charge >= 0.3 is 0 Å². The summed E-state index contributed by atoms with van der Waals surface area (Å²) in [5.74, 6) is -0.0857. The Kier molecular flexibility index (Phi) is 4.26. The molecule has 1 aromatic carbocycles. The third-order valence-electron chi connectivity index (χ3n) is 2.52. The zero-order chi connectivity index (χ0) is 14.6. The molecule has 0 fully saturated rings. The van der Waals surface area contributed by atoms with Crippen molar-refractivity contribution in [3.63, 3.8) is 0 Å². The van der Waals surface area contributed by atoms with E-state index < -0.39 is 15.8 Å². The van der Waals surface area contributed by atoms with Crippen molar-refractivity contribution in [2.45, 2.75) is 11.4 Å². The van der Waals surface area contributed by atoms with Crippen LogP contribution in [0, 0.1) is 5.82 Å². The molecule has 0 radical (unpaired) electrons. The molecule has 0 saturated heterocycles. The minimum Gasteiger partial charge on any atom is -0.357 e. The lowest BCUT2D eigenvalue weighted by molar-refractivity contribution is 0.579. The first-order valence-electron chi connectivity index (χ1n) is 5.75. The van der Waals surface area contributed by atoms with Gasteiger partial charge in [-0.05, 0) is 17.7 Å². The SMILES string of the molecule is CNc1ncc(S(=O)(=O)NCc2cccc(F)c2)cn1. The highest BCUT2D eigenvalue weighted by molar-refractivity contribution is 7.89. The third kappa shape index (κ3) is 3.49. The summed E-state index contributed by atoms with van der Waals surface area (Å²) < 4.78 is 39.3. The predicted octanol–water partition coefficient (Wildman–Crippen LogP) is 1.14. The Morgan fingerprint density at radius 3 is 2.55 bits per heavy atom. The van der Waals surface area contributed by atoms with E-state index in [9.17, 15) is 12.8 Å². The van der Waals surface area contributed by atoms with Crippen LogP contribution in [-0.4, -0.2) is 25.4 Å². The van der Waals surface area contributed by atoms with Crippen molar-refractivity contribution in [2.75, 3.05) is 12.4 Å². The molecule has 2 aromatic rings. The number of benzene rings is 1. The van der Waals surface area contributed by atoms with Gasteiger partial charge in [0.15, 0.2) is 0 Å². The van der Waals surface area contributed by atoms with E-state index in [1.807, 2.05) is 0 Å². The van der Waals surface area contributed by atoms with Crippen molar-refractivity contribution < 1.29 is 12.8 Å². The van der Waals surface area contributed by atoms with E-state index in [0.717, 1.165) is 0 Å². The number of rotatable bonds is 5. The molecule has 1 heterocycles. The van der Waals surface area contributed by atoms with Crippen LogP contribution in [0.15, 0.2) is 41.6 Å². The van der Waals surface area contributed by atoms with Crippen molar-refractivity contribution in [1.29, 1.82) is 0 Å². The summed E-state index contributed by atoms with van der Waals surface area (Å²) in [6, 6.07) is 5.71. The van der Waals surface area contributed by atoms with Gasteiger partial charge in [0.2, 0.25) is 16.0 Å². The van der Waals surface area contributed by atoms with E-state index in [4.69, 9.17) is 0 Å². The van der Waals surface area contributed by atoms with Crippen LogP contribution < -0.4 is 10.0 Å². The third-order valence-corrected chi connectivity index (χ3v) is 3.87. The molecule has 106 valence electrons. The molecule has 0 aliphatic carbocycles. The maximum atomic E-state index is 13.0. The normalized spacial score (nSPS) is 11.3. The Morgan fingerprint density at radius 1 is 1.25 bits per heavy atom. The topological polar surface area (TPSA) is 84.0 Å². The first-order chi connectivity index (χ1) is 9.51. The fourth-order valence-electron chi connectivity index (χ4n) is 1.49. The minimum absolute atomic E-state index is 0.00608. The van der Waals surface area contributed by atoms with Crippen molar-refractivity contribution in [1.82, 2.24) is 14.7 Å². The van der Waals surface area contributed by atoms with Crippen LogP contribution in [0.25, 0.3) is 0 Å². The molecule has 0 aliphatic rings. The second kappa shape index (κ2) is 5.93.